The number of aromatic nitrogens is 1. The van der Waals surface area contributed by atoms with Crippen LogP contribution in [0.1, 0.15) is 0 Å². The first-order chi connectivity index (χ1) is 8.78. The number of nitrogens with one attached hydrogen (secondary N) is 1. The van der Waals surface area contributed by atoms with E-state index in [1.807, 2.05) is 30.3 Å². The van der Waals surface area contributed by atoms with Gasteiger partial charge in [-0.05, 0) is 41.1 Å². The molecule has 0 saturated carbocycles. The maximum Gasteiger partial charge on any atom is 0.108 e. The maximum atomic E-state index is 10.4. The van der Waals surface area contributed by atoms with E-state index < -0.39 is 0 Å². The first-order valence-electron chi connectivity index (χ1n) is 5.49. The average molecular weight is 301 g/mol. The number of aromatic amines is 1. The summed E-state index contributed by atoms with van der Waals surface area (Å²) in [5.41, 5.74) is 3.58. The monoisotopic (exact) mass is 300 g/mol. The molecule has 0 fully saturated rings. The number of benzene rings is 2. The van der Waals surface area contributed by atoms with E-state index in [4.69, 9.17) is 0 Å². The van der Waals surface area contributed by atoms with Crippen LogP contribution in [0.4, 0.5) is 5.69 Å². The molecule has 0 bridgehead atoms. The largest absolute Gasteiger partial charge is 0.354 e. The standard InChI is InChI=1S/C14H9BrN2O/c15-12-2-1-3-13-11(12)8-14(16-13)9-4-6-10(17-18)7-5-9/h1-8,16H. The van der Waals surface area contributed by atoms with Crippen LogP contribution in [-0.2, 0) is 0 Å². The number of nitroso groups, excluding NO2 is 1. The van der Waals surface area contributed by atoms with E-state index in [-0.39, 0.29) is 0 Å². The summed E-state index contributed by atoms with van der Waals surface area (Å²) < 4.78 is 1.06. The molecule has 3 rings (SSSR count). The topological polar surface area (TPSA) is 45.2 Å². The fourth-order valence-corrected chi connectivity index (χ4v) is 2.46. The molecule has 0 radical (unpaired) electrons. The number of fused-ring (bicyclic) bond motifs is 1. The second kappa shape index (κ2) is 4.38. The van der Waals surface area contributed by atoms with Crippen molar-refractivity contribution in [1.29, 1.82) is 0 Å². The maximum absolute atomic E-state index is 10.4. The van der Waals surface area contributed by atoms with Crippen molar-refractivity contribution in [2.45, 2.75) is 0 Å². The van der Waals surface area contributed by atoms with Gasteiger partial charge in [0.25, 0.3) is 0 Å². The van der Waals surface area contributed by atoms with E-state index in [9.17, 15) is 4.91 Å². The smallest absolute Gasteiger partial charge is 0.108 e. The fourth-order valence-electron chi connectivity index (χ4n) is 1.98. The molecule has 88 valence electrons. The Balaban J connectivity index is 2.13. The number of hydrogen-bond acceptors (Lipinski definition) is 2. The third-order valence-electron chi connectivity index (χ3n) is 2.89. The minimum atomic E-state index is 0.441. The van der Waals surface area contributed by atoms with Gasteiger partial charge in [-0.3, -0.25) is 0 Å². The third-order valence-corrected chi connectivity index (χ3v) is 3.59. The van der Waals surface area contributed by atoms with Gasteiger partial charge < -0.3 is 4.98 Å². The van der Waals surface area contributed by atoms with Gasteiger partial charge in [-0.1, -0.05) is 34.1 Å². The van der Waals surface area contributed by atoms with Crippen LogP contribution in [0.25, 0.3) is 22.2 Å². The van der Waals surface area contributed by atoms with Crippen LogP contribution >= 0.6 is 15.9 Å². The Morgan fingerprint density at radius 2 is 1.83 bits per heavy atom. The summed E-state index contributed by atoms with van der Waals surface area (Å²) in [6.45, 7) is 0. The Kier molecular flexibility index (Phi) is 2.72. The van der Waals surface area contributed by atoms with E-state index in [1.165, 1.54) is 0 Å². The SMILES string of the molecule is O=Nc1ccc(-c2cc3c(Br)cccc3[nH]2)cc1. The van der Waals surface area contributed by atoms with Crippen molar-refractivity contribution in [2.75, 3.05) is 0 Å². The molecule has 0 aliphatic heterocycles. The lowest BCUT2D eigenvalue weighted by Gasteiger charge is -1.96. The van der Waals surface area contributed by atoms with Crippen molar-refractivity contribution < 1.29 is 0 Å². The second-order valence-corrected chi connectivity index (χ2v) is 4.88. The molecule has 0 unspecified atom stereocenters. The average Bonchev–Trinajstić information content (AvgIpc) is 2.84. The first kappa shape index (κ1) is 11.2. The van der Waals surface area contributed by atoms with E-state index in [0.29, 0.717) is 5.69 Å². The molecule has 4 heteroatoms. The van der Waals surface area contributed by atoms with Crippen LogP contribution in [0.3, 0.4) is 0 Å². The highest BCUT2D eigenvalue weighted by atomic mass is 79.9. The molecule has 3 nitrogen and oxygen atoms in total. The summed E-state index contributed by atoms with van der Waals surface area (Å²) in [6.07, 6.45) is 0. The molecular weight excluding hydrogens is 292 g/mol. The highest BCUT2D eigenvalue weighted by Crippen LogP contribution is 2.29. The zero-order chi connectivity index (χ0) is 12.5. The Hall–Kier alpha value is -1.94. The minimum Gasteiger partial charge on any atom is -0.354 e. The second-order valence-electron chi connectivity index (χ2n) is 4.02. The highest BCUT2D eigenvalue weighted by molar-refractivity contribution is 9.10. The van der Waals surface area contributed by atoms with Crippen LogP contribution < -0.4 is 0 Å². The van der Waals surface area contributed by atoms with Crippen LogP contribution in [0.15, 0.2) is 58.2 Å². The van der Waals surface area contributed by atoms with Crippen molar-refractivity contribution in [3.05, 3.63) is 57.9 Å². The molecule has 0 saturated heterocycles. The Morgan fingerprint density at radius 1 is 1.06 bits per heavy atom. The van der Waals surface area contributed by atoms with Gasteiger partial charge in [0.2, 0.25) is 0 Å². The first-order valence-corrected chi connectivity index (χ1v) is 6.28. The zero-order valence-corrected chi connectivity index (χ0v) is 10.9. The molecule has 2 aromatic carbocycles. The van der Waals surface area contributed by atoms with Gasteiger partial charge in [0.1, 0.15) is 5.69 Å². The number of rotatable bonds is 2. The van der Waals surface area contributed by atoms with Crippen molar-refractivity contribution in [1.82, 2.24) is 4.98 Å². The zero-order valence-electron chi connectivity index (χ0n) is 9.35. The Bertz CT molecular complexity index is 716. The van der Waals surface area contributed by atoms with E-state index in [1.54, 1.807) is 12.1 Å². The van der Waals surface area contributed by atoms with Gasteiger partial charge in [-0.25, -0.2) is 0 Å². The summed E-state index contributed by atoms with van der Waals surface area (Å²) in [5, 5.41) is 4.04. The Morgan fingerprint density at radius 3 is 2.50 bits per heavy atom. The van der Waals surface area contributed by atoms with Crippen molar-refractivity contribution >= 4 is 32.5 Å². The number of hydrogen-bond donors (Lipinski definition) is 1. The van der Waals surface area contributed by atoms with Crippen LogP contribution in [-0.4, -0.2) is 4.98 Å². The lowest BCUT2D eigenvalue weighted by molar-refractivity contribution is 1.44. The van der Waals surface area contributed by atoms with Crippen LogP contribution in [0.2, 0.25) is 0 Å². The summed E-state index contributed by atoms with van der Waals surface area (Å²) in [5.74, 6) is 0. The van der Waals surface area contributed by atoms with Gasteiger partial charge in [0, 0.05) is 21.1 Å². The van der Waals surface area contributed by atoms with Gasteiger partial charge in [0.05, 0.1) is 0 Å². The quantitative estimate of drug-likeness (QED) is 0.665. The third kappa shape index (κ3) is 1.84. The number of H-pyrrole nitrogens is 1. The van der Waals surface area contributed by atoms with E-state index >= 15 is 0 Å². The highest BCUT2D eigenvalue weighted by Gasteiger charge is 2.05. The molecule has 0 aliphatic carbocycles. The van der Waals surface area contributed by atoms with Crippen LogP contribution in [0.5, 0.6) is 0 Å². The van der Waals surface area contributed by atoms with Gasteiger partial charge in [-0.15, -0.1) is 4.91 Å². The van der Waals surface area contributed by atoms with Crippen molar-refractivity contribution in [3.8, 4) is 11.3 Å². The minimum absolute atomic E-state index is 0.441. The molecule has 18 heavy (non-hydrogen) atoms. The Labute approximate surface area is 112 Å². The predicted octanol–water partition coefficient (Wildman–Crippen LogP) is 5.00. The molecule has 3 aromatic rings. The van der Waals surface area contributed by atoms with Crippen molar-refractivity contribution in [2.24, 2.45) is 5.18 Å². The molecule has 1 heterocycles. The molecular formula is C14H9BrN2O. The molecule has 0 atom stereocenters. The molecule has 0 spiro atoms. The fraction of sp³-hybridized carbons (Fsp3) is 0. The molecule has 1 aromatic heterocycles. The predicted molar refractivity (Wildman–Crippen MR) is 76.9 cm³/mol. The number of nitrogens with zero attached hydrogens (tertiary/aromatic N) is 1. The summed E-state index contributed by atoms with van der Waals surface area (Å²) in [7, 11) is 0. The van der Waals surface area contributed by atoms with E-state index in [2.05, 4.69) is 32.2 Å². The lowest BCUT2D eigenvalue weighted by atomic mass is 10.1. The van der Waals surface area contributed by atoms with Crippen LogP contribution in [0, 0.1) is 4.91 Å². The van der Waals surface area contributed by atoms with Gasteiger partial charge in [0.15, 0.2) is 0 Å². The summed E-state index contributed by atoms with van der Waals surface area (Å²) >= 11 is 3.53. The normalized spacial score (nSPS) is 10.7. The summed E-state index contributed by atoms with van der Waals surface area (Å²) in [6, 6.07) is 15.3. The van der Waals surface area contributed by atoms with E-state index in [0.717, 1.165) is 26.6 Å². The van der Waals surface area contributed by atoms with Gasteiger partial charge in [-0.2, -0.15) is 0 Å². The molecule has 0 aliphatic rings. The van der Waals surface area contributed by atoms with Gasteiger partial charge >= 0.3 is 0 Å². The molecule has 0 amide bonds. The number of halogens is 1. The summed E-state index contributed by atoms with van der Waals surface area (Å²) in [4.78, 5) is 13.7. The van der Waals surface area contributed by atoms with Crippen molar-refractivity contribution in [3.63, 3.8) is 0 Å². The molecule has 1 N–H and O–H groups in total. The lowest BCUT2D eigenvalue weighted by Crippen LogP contribution is -1.75.